The largest absolute Gasteiger partial charge is 0.291 e. The van der Waals surface area contributed by atoms with Crippen LogP contribution < -0.4 is 0 Å². The number of rotatable bonds is 2. The van der Waals surface area contributed by atoms with Crippen LogP contribution in [0.15, 0.2) is 38.9 Å². The zero-order valence-corrected chi connectivity index (χ0v) is 10.4. The van der Waals surface area contributed by atoms with E-state index in [1.54, 1.807) is 11.3 Å². The minimum Gasteiger partial charge on any atom is -0.265 e. The smallest absolute Gasteiger partial charge is 0.265 e. The van der Waals surface area contributed by atoms with Crippen molar-refractivity contribution < 1.29 is 4.79 Å². The lowest BCUT2D eigenvalue weighted by molar-refractivity contribution is -0.115. The van der Waals surface area contributed by atoms with Gasteiger partial charge < -0.3 is 0 Å². The standard InChI is InChI=1S/C13H14N2OS/c16-13-11-6-2-1-5-10(11)12(14-15-13)8-9-4-3-7-17-9/h3-4,7,12H,1-2,5-6,8H2. The number of nitrogens with zero attached hydrogens (tertiary/aromatic N) is 2. The molecule has 1 atom stereocenters. The molecule has 1 amide bonds. The van der Waals surface area contributed by atoms with Gasteiger partial charge in [-0.3, -0.25) is 4.79 Å². The molecule has 0 saturated heterocycles. The van der Waals surface area contributed by atoms with Gasteiger partial charge in [0.05, 0.1) is 6.04 Å². The first kappa shape index (κ1) is 10.8. The predicted octanol–water partition coefficient (Wildman–Crippen LogP) is 3.52. The van der Waals surface area contributed by atoms with Gasteiger partial charge >= 0.3 is 0 Å². The summed E-state index contributed by atoms with van der Waals surface area (Å²) in [5.74, 6) is -0.0953. The zero-order chi connectivity index (χ0) is 11.7. The zero-order valence-electron chi connectivity index (χ0n) is 9.56. The van der Waals surface area contributed by atoms with Crippen molar-refractivity contribution in [2.24, 2.45) is 10.2 Å². The third-order valence-corrected chi connectivity index (χ3v) is 4.33. The van der Waals surface area contributed by atoms with Crippen molar-refractivity contribution in [3.8, 4) is 0 Å². The number of thiophene rings is 1. The van der Waals surface area contributed by atoms with Crippen LogP contribution in [0.2, 0.25) is 0 Å². The maximum absolute atomic E-state index is 11.7. The van der Waals surface area contributed by atoms with E-state index in [1.165, 1.54) is 16.9 Å². The number of carbonyl (C=O) groups is 1. The summed E-state index contributed by atoms with van der Waals surface area (Å²) in [6.45, 7) is 0. The van der Waals surface area contributed by atoms with Crippen LogP contribution in [0.3, 0.4) is 0 Å². The summed E-state index contributed by atoms with van der Waals surface area (Å²) in [4.78, 5) is 13.0. The number of carbonyl (C=O) groups excluding carboxylic acids is 1. The molecule has 2 aliphatic rings. The Morgan fingerprint density at radius 2 is 2.24 bits per heavy atom. The van der Waals surface area contributed by atoms with E-state index in [9.17, 15) is 4.79 Å². The normalized spacial score (nSPS) is 24.0. The van der Waals surface area contributed by atoms with Crippen molar-refractivity contribution in [2.75, 3.05) is 0 Å². The molecule has 0 N–H and O–H groups in total. The van der Waals surface area contributed by atoms with Crippen LogP contribution in [0.5, 0.6) is 0 Å². The molecule has 88 valence electrons. The first-order valence-corrected chi connectivity index (χ1v) is 6.92. The van der Waals surface area contributed by atoms with E-state index < -0.39 is 0 Å². The van der Waals surface area contributed by atoms with E-state index in [0.29, 0.717) is 0 Å². The summed E-state index contributed by atoms with van der Waals surface area (Å²) in [7, 11) is 0. The second-order valence-electron chi connectivity index (χ2n) is 4.53. The molecule has 1 aromatic rings. The SMILES string of the molecule is O=C1N=NC(Cc2cccs2)C2=C1CCCC2. The minimum absolute atomic E-state index is 0.0953. The second-order valence-corrected chi connectivity index (χ2v) is 5.56. The minimum atomic E-state index is -0.0953. The molecule has 1 unspecified atom stereocenters. The average Bonchev–Trinajstić information content (AvgIpc) is 2.86. The van der Waals surface area contributed by atoms with Crippen molar-refractivity contribution in [1.82, 2.24) is 0 Å². The Hall–Kier alpha value is -1.29. The van der Waals surface area contributed by atoms with Crippen molar-refractivity contribution in [2.45, 2.75) is 38.1 Å². The highest BCUT2D eigenvalue weighted by atomic mass is 32.1. The molecular weight excluding hydrogens is 232 g/mol. The Labute approximate surface area is 104 Å². The molecule has 0 fully saturated rings. The number of hydrogen-bond acceptors (Lipinski definition) is 3. The Bertz CT molecular complexity index is 488. The van der Waals surface area contributed by atoms with Gasteiger partial charge in [-0.25, -0.2) is 0 Å². The van der Waals surface area contributed by atoms with Crippen molar-refractivity contribution in [3.63, 3.8) is 0 Å². The van der Waals surface area contributed by atoms with Crippen molar-refractivity contribution >= 4 is 17.2 Å². The lowest BCUT2D eigenvalue weighted by atomic mass is 9.85. The van der Waals surface area contributed by atoms with Crippen LogP contribution in [0.25, 0.3) is 0 Å². The molecule has 4 heteroatoms. The molecule has 0 radical (unpaired) electrons. The van der Waals surface area contributed by atoms with Gasteiger partial charge in [0.2, 0.25) is 0 Å². The van der Waals surface area contributed by atoms with Gasteiger partial charge in [0, 0.05) is 16.9 Å². The van der Waals surface area contributed by atoms with Crippen LogP contribution in [-0.2, 0) is 11.2 Å². The number of hydrogen-bond donors (Lipinski definition) is 0. The monoisotopic (exact) mass is 246 g/mol. The number of azo groups is 1. The van der Waals surface area contributed by atoms with Gasteiger partial charge in [-0.15, -0.1) is 16.5 Å². The van der Waals surface area contributed by atoms with E-state index in [-0.39, 0.29) is 11.9 Å². The van der Waals surface area contributed by atoms with Crippen molar-refractivity contribution in [1.29, 1.82) is 0 Å². The molecule has 1 aliphatic carbocycles. The Morgan fingerprint density at radius 1 is 1.35 bits per heavy atom. The fourth-order valence-electron chi connectivity index (χ4n) is 2.58. The van der Waals surface area contributed by atoms with Crippen LogP contribution in [0, 0.1) is 0 Å². The Balaban J connectivity index is 1.87. The average molecular weight is 246 g/mol. The van der Waals surface area contributed by atoms with E-state index in [0.717, 1.165) is 31.3 Å². The van der Waals surface area contributed by atoms with Gasteiger partial charge in [-0.1, -0.05) is 6.07 Å². The first-order chi connectivity index (χ1) is 8.34. The lowest BCUT2D eigenvalue weighted by Crippen LogP contribution is -2.22. The molecule has 2 heterocycles. The quantitative estimate of drug-likeness (QED) is 0.787. The first-order valence-electron chi connectivity index (χ1n) is 6.04. The highest BCUT2D eigenvalue weighted by Gasteiger charge is 2.28. The fourth-order valence-corrected chi connectivity index (χ4v) is 3.32. The van der Waals surface area contributed by atoms with Crippen LogP contribution in [0.4, 0.5) is 0 Å². The number of amides is 1. The third kappa shape index (κ3) is 2.09. The summed E-state index contributed by atoms with van der Waals surface area (Å²) in [5, 5.41) is 10.1. The summed E-state index contributed by atoms with van der Waals surface area (Å²) in [5.41, 5.74) is 2.21. The molecule has 0 spiro atoms. The molecule has 0 aromatic carbocycles. The maximum Gasteiger partial charge on any atom is 0.291 e. The van der Waals surface area contributed by atoms with E-state index in [2.05, 4.69) is 27.7 Å². The van der Waals surface area contributed by atoms with E-state index in [1.807, 2.05) is 0 Å². The van der Waals surface area contributed by atoms with Gasteiger partial charge in [0.25, 0.3) is 5.91 Å². The Kier molecular flexibility index (Phi) is 2.89. The van der Waals surface area contributed by atoms with Gasteiger partial charge in [0.15, 0.2) is 0 Å². The Morgan fingerprint density at radius 3 is 3.06 bits per heavy atom. The van der Waals surface area contributed by atoms with Gasteiger partial charge in [-0.05, 0) is 42.7 Å². The topological polar surface area (TPSA) is 41.8 Å². The van der Waals surface area contributed by atoms with E-state index >= 15 is 0 Å². The highest BCUT2D eigenvalue weighted by molar-refractivity contribution is 7.09. The second kappa shape index (κ2) is 4.53. The summed E-state index contributed by atoms with van der Waals surface area (Å²) < 4.78 is 0. The lowest BCUT2D eigenvalue weighted by Gasteiger charge is -2.25. The van der Waals surface area contributed by atoms with E-state index in [4.69, 9.17) is 0 Å². The maximum atomic E-state index is 11.7. The predicted molar refractivity (Wildman–Crippen MR) is 67.2 cm³/mol. The molecule has 17 heavy (non-hydrogen) atoms. The summed E-state index contributed by atoms with van der Waals surface area (Å²) >= 11 is 1.75. The van der Waals surface area contributed by atoms with Gasteiger partial charge in [-0.2, -0.15) is 5.11 Å². The van der Waals surface area contributed by atoms with Crippen LogP contribution in [0.1, 0.15) is 30.6 Å². The highest BCUT2D eigenvalue weighted by Crippen LogP contribution is 2.34. The molecule has 1 aliphatic heterocycles. The molecule has 0 saturated carbocycles. The van der Waals surface area contributed by atoms with Crippen LogP contribution >= 0.6 is 11.3 Å². The summed E-state index contributed by atoms with van der Waals surface area (Å²) in [6, 6.07) is 4.29. The molecule has 3 nitrogen and oxygen atoms in total. The molecular formula is C13H14N2OS. The molecule has 0 bridgehead atoms. The molecule has 1 aromatic heterocycles. The van der Waals surface area contributed by atoms with Gasteiger partial charge in [0.1, 0.15) is 0 Å². The third-order valence-electron chi connectivity index (χ3n) is 3.43. The molecule has 3 rings (SSSR count). The fraction of sp³-hybridized carbons (Fsp3) is 0.462. The van der Waals surface area contributed by atoms with Crippen LogP contribution in [-0.4, -0.2) is 11.9 Å². The van der Waals surface area contributed by atoms with Crippen molar-refractivity contribution in [3.05, 3.63) is 33.5 Å². The summed E-state index contributed by atoms with van der Waals surface area (Å²) in [6.07, 6.45) is 5.12.